The molecule has 10 heteroatoms. The zero-order valence-electron chi connectivity index (χ0n) is 19.4. The highest BCUT2D eigenvalue weighted by Crippen LogP contribution is 2.37. The van der Waals surface area contributed by atoms with Crippen molar-refractivity contribution in [3.05, 3.63) is 60.2 Å². The molecular weight excluding hydrogens is 449 g/mol. The smallest absolute Gasteiger partial charge is 0.230 e. The fourth-order valence-electron chi connectivity index (χ4n) is 4.43. The van der Waals surface area contributed by atoms with Crippen molar-refractivity contribution in [3.8, 4) is 22.9 Å². The summed E-state index contributed by atoms with van der Waals surface area (Å²) >= 11 is 0. The molecule has 0 saturated heterocycles. The summed E-state index contributed by atoms with van der Waals surface area (Å²) in [5.41, 5.74) is 8.20. The van der Waals surface area contributed by atoms with Gasteiger partial charge in [-0.15, -0.1) is 0 Å². The van der Waals surface area contributed by atoms with Gasteiger partial charge in [0, 0.05) is 17.0 Å². The molecule has 0 aliphatic heterocycles. The molecule has 5 rings (SSSR count). The molecule has 3 heterocycles. The van der Waals surface area contributed by atoms with Crippen molar-refractivity contribution in [2.24, 2.45) is 5.41 Å². The van der Waals surface area contributed by atoms with Gasteiger partial charge in [-0.25, -0.2) is 14.4 Å². The highest BCUT2D eigenvalue weighted by atomic mass is 19.1. The predicted molar refractivity (Wildman–Crippen MR) is 128 cm³/mol. The number of amides is 1. The standard InChI is InChI=1S/C25H26FN7O2/c1-25(10-5-2-6-11-25)24(34)29-20-14-28-23(30-22(20)27)19-13-21(18-9-12-35-32-18)33(31-19)15-16-7-3-4-8-17(16)26/h3-4,7-9,12-14H,2,5-6,10-11,15H2,1H3,(H,29,34)(H2,27,28,30). The molecule has 0 radical (unpaired) electrons. The van der Waals surface area contributed by atoms with Gasteiger partial charge in [-0.2, -0.15) is 5.10 Å². The van der Waals surface area contributed by atoms with E-state index in [1.165, 1.54) is 18.5 Å². The number of rotatable bonds is 6. The Bertz CT molecular complexity index is 1340. The second-order valence-corrected chi connectivity index (χ2v) is 9.12. The number of anilines is 2. The first-order valence-electron chi connectivity index (χ1n) is 11.6. The molecule has 1 fully saturated rings. The summed E-state index contributed by atoms with van der Waals surface area (Å²) < 4.78 is 20.9. The molecule has 1 saturated carbocycles. The van der Waals surface area contributed by atoms with Crippen molar-refractivity contribution in [1.82, 2.24) is 24.9 Å². The minimum atomic E-state index is -0.415. The van der Waals surface area contributed by atoms with Gasteiger partial charge in [0.25, 0.3) is 0 Å². The van der Waals surface area contributed by atoms with Crippen LogP contribution in [0.3, 0.4) is 0 Å². The van der Waals surface area contributed by atoms with E-state index < -0.39 is 5.41 Å². The van der Waals surface area contributed by atoms with Crippen molar-refractivity contribution in [1.29, 1.82) is 0 Å². The summed E-state index contributed by atoms with van der Waals surface area (Å²) in [6, 6.07) is 9.94. The van der Waals surface area contributed by atoms with Crippen LogP contribution < -0.4 is 11.1 Å². The third kappa shape index (κ3) is 4.64. The minimum Gasteiger partial charge on any atom is -0.382 e. The first-order valence-corrected chi connectivity index (χ1v) is 11.6. The van der Waals surface area contributed by atoms with Gasteiger partial charge in [0.1, 0.15) is 29.2 Å². The lowest BCUT2D eigenvalue weighted by Crippen LogP contribution is -2.35. The Balaban J connectivity index is 1.43. The van der Waals surface area contributed by atoms with E-state index in [2.05, 4.69) is 25.5 Å². The second-order valence-electron chi connectivity index (χ2n) is 9.12. The number of nitrogens with two attached hydrogens (primary N) is 1. The zero-order valence-corrected chi connectivity index (χ0v) is 19.4. The minimum absolute atomic E-state index is 0.0669. The number of carbonyl (C=O) groups excluding carboxylic acids is 1. The van der Waals surface area contributed by atoms with Gasteiger partial charge in [0.15, 0.2) is 11.6 Å². The van der Waals surface area contributed by atoms with Crippen LogP contribution in [0.5, 0.6) is 0 Å². The van der Waals surface area contributed by atoms with E-state index in [0.717, 1.165) is 32.1 Å². The number of halogens is 1. The molecular formula is C25H26FN7O2. The number of benzene rings is 1. The van der Waals surface area contributed by atoms with Crippen LogP contribution in [0.2, 0.25) is 0 Å². The topological polar surface area (TPSA) is 125 Å². The number of nitrogens with zero attached hydrogens (tertiary/aromatic N) is 5. The first kappa shape index (κ1) is 22.7. The third-order valence-electron chi connectivity index (χ3n) is 6.56. The average Bonchev–Trinajstić information content (AvgIpc) is 3.52. The molecule has 35 heavy (non-hydrogen) atoms. The van der Waals surface area contributed by atoms with E-state index in [1.54, 1.807) is 35.0 Å². The van der Waals surface area contributed by atoms with Crippen LogP contribution in [0, 0.1) is 11.2 Å². The van der Waals surface area contributed by atoms with E-state index in [1.807, 2.05) is 6.92 Å². The monoisotopic (exact) mass is 475 g/mol. The number of hydrogen-bond acceptors (Lipinski definition) is 7. The SMILES string of the molecule is CC1(C(=O)Nc2cnc(-c3cc(-c4ccon4)n(Cc4ccccc4F)n3)nc2N)CCCCC1. The highest BCUT2D eigenvalue weighted by Gasteiger charge is 2.35. The van der Waals surface area contributed by atoms with Gasteiger partial charge < -0.3 is 15.6 Å². The fraction of sp³-hybridized carbons (Fsp3) is 0.320. The Labute approximate surface area is 201 Å². The van der Waals surface area contributed by atoms with Crippen LogP contribution in [0.4, 0.5) is 15.9 Å². The van der Waals surface area contributed by atoms with Crippen molar-refractivity contribution >= 4 is 17.4 Å². The Kier molecular flexibility index (Phi) is 6.02. The van der Waals surface area contributed by atoms with E-state index in [0.29, 0.717) is 28.3 Å². The number of nitrogen functional groups attached to an aromatic ring is 1. The molecule has 3 aromatic heterocycles. The zero-order chi connectivity index (χ0) is 24.4. The molecule has 180 valence electrons. The molecule has 9 nitrogen and oxygen atoms in total. The maximum absolute atomic E-state index is 14.3. The number of aromatic nitrogens is 5. The molecule has 1 amide bonds. The predicted octanol–water partition coefficient (Wildman–Crippen LogP) is 4.67. The molecule has 0 unspecified atom stereocenters. The molecule has 4 aromatic rings. The second kappa shape index (κ2) is 9.28. The summed E-state index contributed by atoms with van der Waals surface area (Å²) in [5, 5.41) is 11.5. The van der Waals surface area contributed by atoms with Gasteiger partial charge in [-0.1, -0.05) is 49.5 Å². The van der Waals surface area contributed by atoms with E-state index in [-0.39, 0.29) is 29.9 Å². The Hall–Kier alpha value is -4.08. The van der Waals surface area contributed by atoms with E-state index in [9.17, 15) is 9.18 Å². The Morgan fingerprint density at radius 3 is 2.71 bits per heavy atom. The van der Waals surface area contributed by atoms with Gasteiger partial charge in [-0.05, 0) is 25.0 Å². The van der Waals surface area contributed by atoms with Gasteiger partial charge in [0.05, 0.1) is 18.4 Å². The third-order valence-corrected chi connectivity index (χ3v) is 6.56. The van der Waals surface area contributed by atoms with Gasteiger partial charge in [0.2, 0.25) is 5.91 Å². The Morgan fingerprint density at radius 1 is 1.20 bits per heavy atom. The lowest BCUT2D eigenvalue weighted by molar-refractivity contribution is -0.126. The van der Waals surface area contributed by atoms with Crippen molar-refractivity contribution < 1.29 is 13.7 Å². The summed E-state index contributed by atoms with van der Waals surface area (Å²) in [6.45, 7) is 2.16. The number of nitrogens with one attached hydrogen (secondary N) is 1. The molecule has 0 atom stereocenters. The summed E-state index contributed by atoms with van der Waals surface area (Å²) in [7, 11) is 0. The highest BCUT2D eigenvalue weighted by molar-refractivity contribution is 5.97. The average molecular weight is 476 g/mol. The largest absolute Gasteiger partial charge is 0.382 e. The van der Waals surface area contributed by atoms with Gasteiger partial charge in [-0.3, -0.25) is 9.48 Å². The summed E-state index contributed by atoms with van der Waals surface area (Å²) in [5.74, 6) is 0.0291. The molecule has 1 aliphatic carbocycles. The van der Waals surface area contributed by atoms with Crippen molar-refractivity contribution in [3.63, 3.8) is 0 Å². The van der Waals surface area contributed by atoms with Crippen LogP contribution in [0.1, 0.15) is 44.6 Å². The lowest BCUT2D eigenvalue weighted by Gasteiger charge is -2.32. The first-order chi connectivity index (χ1) is 16.9. The fourth-order valence-corrected chi connectivity index (χ4v) is 4.43. The van der Waals surface area contributed by atoms with Gasteiger partial charge >= 0.3 is 0 Å². The number of hydrogen-bond donors (Lipinski definition) is 2. The number of carbonyl (C=O) groups is 1. The van der Waals surface area contributed by atoms with Crippen LogP contribution in [0.25, 0.3) is 22.9 Å². The molecule has 1 aliphatic rings. The van der Waals surface area contributed by atoms with E-state index in [4.69, 9.17) is 10.3 Å². The lowest BCUT2D eigenvalue weighted by atomic mass is 9.75. The van der Waals surface area contributed by atoms with Crippen LogP contribution in [-0.2, 0) is 11.3 Å². The van der Waals surface area contributed by atoms with Crippen molar-refractivity contribution in [2.45, 2.75) is 45.6 Å². The Morgan fingerprint density at radius 2 is 2.00 bits per heavy atom. The summed E-state index contributed by atoms with van der Waals surface area (Å²) in [4.78, 5) is 21.7. The molecule has 1 aromatic carbocycles. The van der Waals surface area contributed by atoms with Crippen LogP contribution in [-0.4, -0.2) is 30.8 Å². The van der Waals surface area contributed by atoms with E-state index >= 15 is 0 Å². The molecule has 0 spiro atoms. The van der Waals surface area contributed by atoms with Crippen LogP contribution in [0.15, 0.2) is 53.4 Å². The maximum Gasteiger partial charge on any atom is 0.230 e. The normalized spacial score (nSPS) is 15.1. The summed E-state index contributed by atoms with van der Waals surface area (Å²) in [6.07, 6.45) is 7.88. The quantitative estimate of drug-likeness (QED) is 0.415. The maximum atomic E-state index is 14.3. The molecule has 0 bridgehead atoms. The molecule has 3 N–H and O–H groups in total. The van der Waals surface area contributed by atoms with Crippen LogP contribution >= 0.6 is 0 Å². The van der Waals surface area contributed by atoms with Crippen molar-refractivity contribution in [2.75, 3.05) is 11.1 Å².